The molecule has 0 spiro atoms. The third kappa shape index (κ3) is 3.21. The molecule has 4 heteroatoms. The molecule has 2 aromatic rings. The zero-order valence-corrected chi connectivity index (χ0v) is 12.7. The van der Waals surface area contributed by atoms with Gasteiger partial charge in [0.05, 0.1) is 12.1 Å². The van der Waals surface area contributed by atoms with E-state index in [0.29, 0.717) is 6.10 Å². The van der Waals surface area contributed by atoms with Crippen LogP contribution in [0.25, 0.3) is 0 Å². The minimum atomic E-state index is -0.0846. The fourth-order valence-electron chi connectivity index (χ4n) is 2.42. The molecule has 0 heterocycles. The highest BCUT2D eigenvalue weighted by atomic mass is 35.5. The SMILES string of the molecule is Cc1c(Cl)cccc1C(NN)c1ccc(OC2CC2)cc1. The summed E-state index contributed by atoms with van der Waals surface area (Å²) in [5.41, 5.74) is 6.09. The highest BCUT2D eigenvalue weighted by Crippen LogP contribution is 2.31. The molecule has 0 aromatic heterocycles. The molecule has 2 aromatic carbocycles. The van der Waals surface area contributed by atoms with Crippen molar-refractivity contribution in [1.29, 1.82) is 0 Å². The average Bonchev–Trinajstić information content (AvgIpc) is 3.30. The van der Waals surface area contributed by atoms with E-state index in [9.17, 15) is 0 Å². The van der Waals surface area contributed by atoms with Crippen LogP contribution >= 0.6 is 11.6 Å². The normalized spacial score (nSPS) is 15.8. The van der Waals surface area contributed by atoms with Crippen LogP contribution in [-0.2, 0) is 0 Å². The van der Waals surface area contributed by atoms with Crippen LogP contribution in [0.3, 0.4) is 0 Å². The summed E-state index contributed by atoms with van der Waals surface area (Å²) in [6.07, 6.45) is 2.74. The Morgan fingerprint density at radius 1 is 1.19 bits per heavy atom. The molecule has 1 aliphatic carbocycles. The van der Waals surface area contributed by atoms with Gasteiger partial charge in [-0.25, -0.2) is 5.43 Å². The summed E-state index contributed by atoms with van der Waals surface area (Å²) in [5.74, 6) is 6.68. The number of nitrogens with one attached hydrogen (secondary N) is 1. The zero-order valence-electron chi connectivity index (χ0n) is 12.0. The highest BCUT2D eigenvalue weighted by Gasteiger charge is 2.23. The van der Waals surface area contributed by atoms with Crippen molar-refractivity contribution in [3.8, 4) is 5.75 Å². The van der Waals surface area contributed by atoms with Gasteiger partial charge in [-0.05, 0) is 54.7 Å². The largest absolute Gasteiger partial charge is 0.490 e. The van der Waals surface area contributed by atoms with Crippen LogP contribution in [0, 0.1) is 6.92 Å². The van der Waals surface area contributed by atoms with Gasteiger partial charge in [0.25, 0.3) is 0 Å². The molecular weight excluding hydrogens is 284 g/mol. The molecule has 1 saturated carbocycles. The minimum absolute atomic E-state index is 0.0846. The second-order valence-corrected chi connectivity index (χ2v) is 5.85. The lowest BCUT2D eigenvalue weighted by Crippen LogP contribution is -2.29. The lowest BCUT2D eigenvalue weighted by Gasteiger charge is -2.20. The lowest BCUT2D eigenvalue weighted by molar-refractivity contribution is 0.303. The third-order valence-corrected chi connectivity index (χ3v) is 4.24. The molecule has 1 unspecified atom stereocenters. The van der Waals surface area contributed by atoms with Gasteiger partial charge in [-0.1, -0.05) is 35.9 Å². The van der Waals surface area contributed by atoms with Crippen LogP contribution in [0.5, 0.6) is 5.75 Å². The fourth-order valence-corrected chi connectivity index (χ4v) is 2.60. The highest BCUT2D eigenvalue weighted by molar-refractivity contribution is 6.31. The van der Waals surface area contributed by atoms with E-state index >= 15 is 0 Å². The van der Waals surface area contributed by atoms with Crippen LogP contribution in [0.15, 0.2) is 42.5 Å². The number of hydrogen-bond acceptors (Lipinski definition) is 3. The molecule has 0 bridgehead atoms. The van der Waals surface area contributed by atoms with E-state index < -0.39 is 0 Å². The number of hydrazine groups is 1. The molecule has 1 fully saturated rings. The van der Waals surface area contributed by atoms with Crippen molar-refractivity contribution in [2.45, 2.75) is 31.9 Å². The van der Waals surface area contributed by atoms with E-state index in [-0.39, 0.29) is 6.04 Å². The summed E-state index contributed by atoms with van der Waals surface area (Å²) in [6.45, 7) is 2.01. The van der Waals surface area contributed by atoms with Gasteiger partial charge in [0, 0.05) is 5.02 Å². The molecule has 1 aliphatic rings. The summed E-state index contributed by atoms with van der Waals surface area (Å²) in [5, 5.41) is 0.751. The average molecular weight is 303 g/mol. The van der Waals surface area contributed by atoms with E-state index in [1.165, 1.54) is 0 Å². The number of nitrogens with two attached hydrogens (primary N) is 1. The van der Waals surface area contributed by atoms with Crippen LogP contribution < -0.4 is 16.0 Å². The Bertz CT molecular complexity index is 623. The topological polar surface area (TPSA) is 47.3 Å². The summed E-state index contributed by atoms with van der Waals surface area (Å²) in [4.78, 5) is 0. The van der Waals surface area contributed by atoms with Crippen molar-refractivity contribution in [2.24, 2.45) is 5.84 Å². The molecule has 110 valence electrons. The van der Waals surface area contributed by atoms with Gasteiger partial charge in [-0.2, -0.15) is 0 Å². The second kappa shape index (κ2) is 6.06. The molecule has 0 amide bonds. The Kier molecular flexibility index (Phi) is 4.15. The first-order chi connectivity index (χ1) is 10.2. The van der Waals surface area contributed by atoms with E-state index in [4.69, 9.17) is 22.2 Å². The third-order valence-electron chi connectivity index (χ3n) is 3.83. The van der Waals surface area contributed by atoms with Gasteiger partial charge in [-0.3, -0.25) is 5.84 Å². The molecular formula is C17H19ClN2O. The van der Waals surface area contributed by atoms with Crippen LogP contribution in [0.2, 0.25) is 5.02 Å². The van der Waals surface area contributed by atoms with Crippen molar-refractivity contribution in [2.75, 3.05) is 0 Å². The van der Waals surface area contributed by atoms with Crippen LogP contribution in [-0.4, -0.2) is 6.10 Å². The predicted molar refractivity (Wildman–Crippen MR) is 85.4 cm³/mol. The Labute approximate surface area is 130 Å². The van der Waals surface area contributed by atoms with Crippen LogP contribution in [0.4, 0.5) is 0 Å². The maximum atomic E-state index is 6.20. The molecule has 1 atom stereocenters. The summed E-state index contributed by atoms with van der Waals surface area (Å²) < 4.78 is 5.77. The van der Waals surface area contributed by atoms with Crippen LogP contribution in [0.1, 0.15) is 35.6 Å². The molecule has 3 nitrogen and oxygen atoms in total. The zero-order chi connectivity index (χ0) is 14.8. The first kappa shape index (κ1) is 14.4. The molecule has 0 radical (unpaired) electrons. The first-order valence-corrected chi connectivity index (χ1v) is 7.54. The maximum absolute atomic E-state index is 6.20. The number of benzene rings is 2. The van der Waals surface area contributed by atoms with Crippen molar-refractivity contribution in [3.05, 3.63) is 64.2 Å². The van der Waals surface area contributed by atoms with Gasteiger partial charge in [-0.15, -0.1) is 0 Å². The van der Waals surface area contributed by atoms with Crippen molar-refractivity contribution >= 4 is 11.6 Å². The van der Waals surface area contributed by atoms with E-state index in [0.717, 1.165) is 40.3 Å². The molecule has 21 heavy (non-hydrogen) atoms. The Morgan fingerprint density at radius 2 is 1.90 bits per heavy atom. The lowest BCUT2D eigenvalue weighted by atomic mass is 9.95. The standard InChI is InChI=1S/C17H19ClN2O/c1-11-15(3-2-4-16(11)18)17(20-19)12-5-7-13(8-6-12)21-14-9-10-14/h2-8,14,17,20H,9-10,19H2,1H3. The Morgan fingerprint density at radius 3 is 2.52 bits per heavy atom. The maximum Gasteiger partial charge on any atom is 0.119 e. The molecule has 3 N–H and O–H groups in total. The fraction of sp³-hybridized carbons (Fsp3) is 0.294. The van der Waals surface area contributed by atoms with E-state index in [1.807, 2.05) is 49.4 Å². The van der Waals surface area contributed by atoms with Crippen molar-refractivity contribution in [3.63, 3.8) is 0 Å². The van der Waals surface area contributed by atoms with Gasteiger partial charge < -0.3 is 4.74 Å². The molecule has 0 aliphatic heterocycles. The van der Waals surface area contributed by atoms with E-state index in [2.05, 4.69) is 5.43 Å². The number of rotatable bonds is 5. The van der Waals surface area contributed by atoms with Crippen molar-refractivity contribution < 1.29 is 4.74 Å². The predicted octanol–water partition coefficient (Wildman–Crippen LogP) is 3.74. The monoisotopic (exact) mass is 302 g/mol. The van der Waals surface area contributed by atoms with Gasteiger partial charge in [0.15, 0.2) is 0 Å². The van der Waals surface area contributed by atoms with Crippen molar-refractivity contribution in [1.82, 2.24) is 5.43 Å². The number of hydrogen-bond donors (Lipinski definition) is 2. The Hall–Kier alpha value is -1.55. The summed E-state index contributed by atoms with van der Waals surface area (Å²) in [7, 11) is 0. The number of ether oxygens (including phenoxy) is 1. The molecule has 0 saturated heterocycles. The second-order valence-electron chi connectivity index (χ2n) is 5.44. The summed E-state index contributed by atoms with van der Waals surface area (Å²) >= 11 is 6.20. The smallest absolute Gasteiger partial charge is 0.119 e. The van der Waals surface area contributed by atoms with Gasteiger partial charge in [0.2, 0.25) is 0 Å². The van der Waals surface area contributed by atoms with Gasteiger partial charge >= 0.3 is 0 Å². The van der Waals surface area contributed by atoms with E-state index in [1.54, 1.807) is 0 Å². The summed E-state index contributed by atoms with van der Waals surface area (Å²) in [6, 6.07) is 13.9. The minimum Gasteiger partial charge on any atom is -0.490 e. The Balaban J connectivity index is 1.86. The van der Waals surface area contributed by atoms with Gasteiger partial charge in [0.1, 0.15) is 5.75 Å². The quantitative estimate of drug-likeness (QED) is 0.653. The number of halogens is 1. The molecule has 3 rings (SSSR count). The first-order valence-electron chi connectivity index (χ1n) is 7.17.